The molecule has 3 atom stereocenters. The Morgan fingerprint density at radius 2 is 1.67 bits per heavy atom. The van der Waals surface area contributed by atoms with Crippen LogP contribution in [0.15, 0.2) is 24.3 Å². The second-order valence-corrected chi connectivity index (χ2v) is 12.7. The van der Waals surface area contributed by atoms with Gasteiger partial charge in [-0.05, 0) is 61.6 Å². The van der Waals surface area contributed by atoms with Gasteiger partial charge < -0.3 is 20.7 Å². The minimum absolute atomic E-state index is 0.0340. The first-order valence-electron chi connectivity index (χ1n) is 16.5. The van der Waals surface area contributed by atoms with Crippen LogP contribution in [0.5, 0.6) is 0 Å². The van der Waals surface area contributed by atoms with Gasteiger partial charge in [-0.2, -0.15) is 0 Å². The van der Waals surface area contributed by atoms with Crippen LogP contribution in [0.4, 0.5) is 5.69 Å². The third-order valence-corrected chi connectivity index (χ3v) is 8.69. The van der Waals surface area contributed by atoms with E-state index in [0.717, 1.165) is 37.7 Å². The van der Waals surface area contributed by atoms with Crippen molar-refractivity contribution in [2.45, 2.75) is 117 Å². The largest absolute Gasteiger partial charge is 0.461 e. The fourth-order valence-corrected chi connectivity index (χ4v) is 5.70. The number of likely N-dealkylation sites (tertiary alicyclic amines) is 1. The highest BCUT2D eigenvalue weighted by Gasteiger charge is 2.44. The lowest BCUT2D eigenvalue weighted by Gasteiger charge is -2.29. The van der Waals surface area contributed by atoms with E-state index in [1.165, 1.54) is 11.8 Å². The van der Waals surface area contributed by atoms with Crippen LogP contribution >= 0.6 is 0 Å². The molecular formula is C34H50N4O7. The topological polar surface area (TPSA) is 151 Å². The van der Waals surface area contributed by atoms with Crippen molar-refractivity contribution in [3.8, 4) is 0 Å². The summed E-state index contributed by atoms with van der Waals surface area (Å²) < 4.78 is 4.99. The maximum absolute atomic E-state index is 13.3. The quantitative estimate of drug-likeness (QED) is 0.125. The number of nitrogens with zero attached hydrogens (tertiary/aromatic N) is 1. The molecule has 1 aliphatic heterocycles. The van der Waals surface area contributed by atoms with E-state index < -0.39 is 18.0 Å². The lowest BCUT2D eigenvalue weighted by atomic mass is 9.75. The zero-order valence-corrected chi connectivity index (χ0v) is 27.2. The Labute approximate surface area is 266 Å². The van der Waals surface area contributed by atoms with Crippen LogP contribution in [-0.2, 0) is 40.1 Å². The van der Waals surface area contributed by atoms with Gasteiger partial charge in [-0.25, -0.2) is 0 Å². The molecule has 1 aromatic carbocycles. The number of hydrogen-bond donors (Lipinski definition) is 3. The molecule has 0 aromatic heterocycles. The maximum atomic E-state index is 13.3. The van der Waals surface area contributed by atoms with E-state index in [4.69, 9.17) is 4.74 Å². The number of esters is 1. The van der Waals surface area contributed by atoms with E-state index in [0.29, 0.717) is 50.3 Å². The van der Waals surface area contributed by atoms with E-state index >= 15 is 0 Å². The zero-order chi connectivity index (χ0) is 32.9. The van der Waals surface area contributed by atoms with E-state index in [1.807, 2.05) is 20.8 Å². The predicted molar refractivity (Wildman–Crippen MR) is 169 cm³/mol. The Balaban J connectivity index is 1.45. The third kappa shape index (κ3) is 11.0. The van der Waals surface area contributed by atoms with Crippen LogP contribution in [0.2, 0.25) is 0 Å². The van der Waals surface area contributed by atoms with Gasteiger partial charge in [0.15, 0.2) is 0 Å². The van der Waals surface area contributed by atoms with Crippen molar-refractivity contribution in [2.24, 2.45) is 17.8 Å². The average molecular weight is 627 g/mol. The van der Waals surface area contributed by atoms with Crippen molar-refractivity contribution in [2.75, 3.05) is 11.9 Å². The van der Waals surface area contributed by atoms with Crippen molar-refractivity contribution < 1.29 is 33.5 Å². The number of carbonyl (C=O) groups is 6. The molecule has 11 heteroatoms. The van der Waals surface area contributed by atoms with Crippen LogP contribution in [-0.4, -0.2) is 59.0 Å². The van der Waals surface area contributed by atoms with Gasteiger partial charge in [0.25, 0.3) is 0 Å². The number of nitrogens with one attached hydrogen (secondary N) is 3. The normalized spacial score (nSPS) is 17.9. The van der Waals surface area contributed by atoms with Gasteiger partial charge >= 0.3 is 5.97 Å². The number of carbonyl (C=O) groups excluding carboxylic acids is 6. The summed E-state index contributed by atoms with van der Waals surface area (Å²) in [5, 5.41) is 8.52. The Hall–Kier alpha value is -3.76. The van der Waals surface area contributed by atoms with Gasteiger partial charge in [0.2, 0.25) is 29.5 Å². The van der Waals surface area contributed by atoms with Crippen LogP contribution < -0.4 is 16.0 Å². The second kappa shape index (κ2) is 17.7. The first-order chi connectivity index (χ1) is 21.5. The monoisotopic (exact) mass is 626 g/mol. The first-order valence-corrected chi connectivity index (χ1v) is 16.5. The summed E-state index contributed by atoms with van der Waals surface area (Å²) in [4.78, 5) is 76.6. The van der Waals surface area contributed by atoms with Crippen molar-refractivity contribution in [3.63, 3.8) is 0 Å². The standard InChI is InChI=1S/C34H50N4O7/c1-5-6-13-28(32(42)35-26-17-15-24(16-18-26)21-45-23(4)39)36-33(43)31(22(2)3)37-29(40)14-8-7-9-19-38-30(41)20-27(34(38)44)25-11-10-12-25/h15-18,22,25,27-28,31H,5-14,19-21H2,1-4H3,(H,35,42)(H,36,43)(H,37,40). The predicted octanol–water partition coefficient (Wildman–Crippen LogP) is 4.24. The fraction of sp³-hybridized carbons (Fsp3) is 0.647. The first kappa shape index (κ1) is 35.7. The molecule has 248 valence electrons. The van der Waals surface area contributed by atoms with Crippen LogP contribution in [0.1, 0.15) is 104 Å². The van der Waals surface area contributed by atoms with Crippen LogP contribution in [0.3, 0.4) is 0 Å². The van der Waals surface area contributed by atoms with Crippen molar-refractivity contribution in [1.82, 2.24) is 15.5 Å². The minimum atomic E-state index is -0.807. The van der Waals surface area contributed by atoms with Gasteiger partial charge in [0.1, 0.15) is 18.7 Å². The molecule has 3 rings (SSSR count). The number of unbranched alkanes of at least 4 members (excludes halogenated alkanes) is 3. The van der Waals surface area contributed by atoms with Gasteiger partial charge in [0.05, 0.1) is 5.92 Å². The summed E-state index contributed by atoms with van der Waals surface area (Å²) >= 11 is 0. The third-order valence-electron chi connectivity index (χ3n) is 8.69. The number of amides is 5. The molecule has 0 bridgehead atoms. The van der Waals surface area contributed by atoms with Gasteiger partial charge in [-0.1, -0.05) is 58.6 Å². The van der Waals surface area contributed by atoms with Crippen molar-refractivity contribution in [1.29, 1.82) is 0 Å². The molecule has 3 N–H and O–H groups in total. The number of anilines is 1. The summed E-state index contributed by atoms with van der Waals surface area (Å²) in [7, 11) is 0. The Kier molecular flexibility index (Phi) is 14.0. The molecule has 1 heterocycles. The highest BCUT2D eigenvalue weighted by Crippen LogP contribution is 2.39. The molecular weight excluding hydrogens is 576 g/mol. The molecule has 11 nitrogen and oxygen atoms in total. The van der Waals surface area contributed by atoms with E-state index in [2.05, 4.69) is 16.0 Å². The fourth-order valence-electron chi connectivity index (χ4n) is 5.70. The number of benzene rings is 1. The van der Waals surface area contributed by atoms with E-state index in [1.54, 1.807) is 24.3 Å². The Morgan fingerprint density at radius 3 is 2.27 bits per heavy atom. The number of ether oxygens (including phenoxy) is 1. The summed E-state index contributed by atoms with van der Waals surface area (Å²) in [5.74, 6) is -1.51. The van der Waals surface area contributed by atoms with E-state index in [-0.39, 0.29) is 54.5 Å². The molecule has 1 saturated heterocycles. The number of hydrogen-bond acceptors (Lipinski definition) is 7. The molecule has 2 fully saturated rings. The summed E-state index contributed by atoms with van der Waals surface area (Å²) in [6, 6.07) is 5.33. The lowest BCUT2D eigenvalue weighted by Crippen LogP contribution is -2.54. The number of rotatable bonds is 18. The summed E-state index contributed by atoms with van der Waals surface area (Å²) in [6.07, 6.45) is 7.66. The van der Waals surface area contributed by atoms with Crippen molar-refractivity contribution in [3.05, 3.63) is 29.8 Å². The van der Waals surface area contributed by atoms with Crippen LogP contribution in [0.25, 0.3) is 0 Å². The lowest BCUT2D eigenvalue weighted by molar-refractivity contribution is -0.142. The zero-order valence-electron chi connectivity index (χ0n) is 27.2. The Morgan fingerprint density at radius 1 is 0.956 bits per heavy atom. The summed E-state index contributed by atoms with van der Waals surface area (Å²) in [6.45, 7) is 7.55. The molecule has 2 aliphatic rings. The maximum Gasteiger partial charge on any atom is 0.302 e. The molecule has 1 aromatic rings. The SMILES string of the molecule is CCCCC(NC(=O)C(NC(=O)CCCCCN1C(=O)CC(C2CCC2)C1=O)C(C)C)C(=O)Nc1ccc(COC(C)=O)cc1. The molecule has 5 amide bonds. The average Bonchev–Trinajstić information content (AvgIpc) is 3.24. The van der Waals surface area contributed by atoms with E-state index in [9.17, 15) is 28.8 Å². The highest BCUT2D eigenvalue weighted by molar-refractivity contribution is 6.03. The molecule has 0 spiro atoms. The smallest absolute Gasteiger partial charge is 0.302 e. The molecule has 45 heavy (non-hydrogen) atoms. The highest BCUT2D eigenvalue weighted by atomic mass is 16.5. The van der Waals surface area contributed by atoms with Crippen LogP contribution in [0, 0.1) is 17.8 Å². The minimum Gasteiger partial charge on any atom is -0.461 e. The van der Waals surface area contributed by atoms with Gasteiger partial charge in [0, 0.05) is 32.0 Å². The second-order valence-electron chi connectivity index (χ2n) is 12.7. The Bertz CT molecular complexity index is 1200. The molecule has 1 aliphatic carbocycles. The van der Waals surface area contributed by atoms with Gasteiger partial charge in [-0.15, -0.1) is 0 Å². The number of imide groups is 1. The molecule has 3 unspecified atom stereocenters. The molecule has 1 saturated carbocycles. The van der Waals surface area contributed by atoms with Gasteiger partial charge in [-0.3, -0.25) is 33.7 Å². The van der Waals surface area contributed by atoms with Crippen molar-refractivity contribution >= 4 is 41.2 Å². The summed E-state index contributed by atoms with van der Waals surface area (Å²) in [5.41, 5.74) is 1.33. The molecule has 0 radical (unpaired) electrons.